The normalized spacial score (nSPS) is 12.0. The highest BCUT2D eigenvalue weighted by Crippen LogP contribution is 2.29. The van der Waals surface area contributed by atoms with Crippen LogP contribution in [0.2, 0.25) is 0 Å². The Labute approximate surface area is 169 Å². The number of thiazole rings is 2. The first kappa shape index (κ1) is 22.1. The Morgan fingerprint density at radius 2 is 2.08 bits per heavy atom. The van der Waals surface area contributed by atoms with Gasteiger partial charge >= 0.3 is 6.18 Å². The van der Waals surface area contributed by atoms with E-state index in [1.54, 1.807) is 17.5 Å². The molecule has 2 N–H and O–H groups in total. The fraction of sp³-hybridized carbons (Fsp3) is 0.500. The quantitative estimate of drug-likeness (QED) is 0.356. The van der Waals surface area contributed by atoms with Gasteiger partial charge in [0, 0.05) is 36.0 Å². The lowest BCUT2D eigenvalue weighted by atomic mass is 10.4. The van der Waals surface area contributed by atoms with Crippen molar-refractivity contribution in [1.82, 2.24) is 20.6 Å². The Morgan fingerprint density at radius 3 is 2.64 bits per heavy atom. The highest BCUT2D eigenvalue weighted by molar-refractivity contribution is 14.0. The molecule has 0 radical (unpaired) electrons. The van der Waals surface area contributed by atoms with Crippen LogP contribution in [-0.4, -0.2) is 29.0 Å². The Kier molecular flexibility index (Phi) is 9.07. The summed E-state index contributed by atoms with van der Waals surface area (Å²) < 4.78 is 37.5. The number of alkyl halides is 3. The van der Waals surface area contributed by atoms with Crippen molar-refractivity contribution in [2.75, 3.05) is 13.1 Å². The summed E-state index contributed by atoms with van der Waals surface area (Å²) in [6, 6.07) is 0. The zero-order valence-corrected chi connectivity index (χ0v) is 17.6. The average molecular weight is 505 g/mol. The minimum atomic E-state index is -4.38. The Bertz CT molecular complexity index is 684. The van der Waals surface area contributed by atoms with Gasteiger partial charge in [-0.3, -0.25) is 0 Å². The first-order chi connectivity index (χ1) is 11.4. The maximum atomic E-state index is 12.5. The van der Waals surface area contributed by atoms with Crippen LogP contribution in [0.4, 0.5) is 13.2 Å². The molecule has 0 atom stereocenters. The predicted molar refractivity (Wildman–Crippen MR) is 106 cm³/mol. The van der Waals surface area contributed by atoms with Gasteiger partial charge in [0.25, 0.3) is 0 Å². The van der Waals surface area contributed by atoms with Gasteiger partial charge < -0.3 is 10.6 Å². The number of hydrogen-bond acceptors (Lipinski definition) is 5. The topological polar surface area (TPSA) is 62.2 Å². The van der Waals surface area contributed by atoms with Gasteiger partial charge in [-0.25, -0.2) is 15.0 Å². The van der Waals surface area contributed by atoms with Crippen molar-refractivity contribution in [1.29, 1.82) is 0 Å². The van der Waals surface area contributed by atoms with Gasteiger partial charge in [-0.2, -0.15) is 13.2 Å². The molecule has 0 bridgehead atoms. The van der Waals surface area contributed by atoms with Gasteiger partial charge in [-0.15, -0.1) is 46.7 Å². The van der Waals surface area contributed by atoms with Gasteiger partial charge in [-0.05, 0) is 13.8 Å². The SMILES string of the molecule is CCNC(=NCc1cnc(C)s1)NCCc1nc(C(F)(F)F)cs1.I. The Hall–Kier alpha value is -0.950. The number of nitrogens with one attached hydrogen (secondary N) is 2. The summed E-state index contributed by atoms with van der Waals surface area (Å²) >= 11 is 2.60. The summed E-state index contributed by atoms with van der Waals surface area (Å²) in [4.78, 5) is 13.3. The molecule has 0 aliphatic heterocycles. The lowest BCUT2D eigenvalue weighted by Gasteiger charge is -2.10. The van der Waals surface area contributed by atoms with Gasteiger partial charge in [0.15, 0.2) is 11.7 Å². The highest BCUT2D eigenvalue weighted by atomic mass is 127. The molecule has 2 rings (SSSR count). The molecule has 0 aliphatic carbocycles. The average Bonchev–Trinajstić information content (AvgIpc) is 3.13. The molecule has 0 spiro atoms. The number of guanidine groups is 1. The van der Waals surface area contributed by atoms with E-state index in [-0.39, 0.29) is 24.0 Å². The molecule has 2 aromatic heterocycles. The van der Waals surface area contributed by atoms with Crippen molar-refractivity contribution in [3.05, 3.63) is 32.2 Å². The number of nitrogens with zero attached hydrogens (tertiary/aromatic N) is 3. The van der Waals surface area contributed by atoms with Crippen molar-refractivity contribution >= 4 is 52.6 Å². The summed E-state index contributed by atoms with van der Waals surface area (Å²) in [6.07, 6.45) is -2.18. The van der Waals surface area contributed by atoms with Crippen LogP contribution in [0.1, 0.15) is 27.5 Å². The maximum Gasteiger partial charge on any atom is 0.434 e. The Balaban J connectivity index is 0.00000312. The fourth-order valence-corrected chi connectivity index (χ4v) is 3.35. The first-order valence-corrected chi connectivity index (χ1v) is 9.03. The third kappa shape index (κ3) is 7.44. The van der Waals surface area contributed by atoms with E-state index in [1.165, 1.54) is 0 Å². The summed E-state index contributed by atoms with van der Waals surface area (Å²) in [5.74, 6) is 0.621. The van der Waals surface area contributed by atoms with E-state index in [1.807, 2.05) is 13.8 Å². The van der Waals surface area contributed by atoms with E-state index in [4.69, 9.17) is 0 Å². The molecule has 25 heavy (non-hydrogen) atoms. The summed E-state index contributed by atoms with van der Waals surface area (Å²) in [5.41, 5.74) is -0.830. The predicted octanol–water partition coefficient (Wildman–Crippen LogP) is 3.84. The lowest BCUT2D eigenvalue weighted by Crippen LogP contribution is -2.38. The first-order valence-electron chi connectivity index (χ1n) is 7.33. The monoisotopic (exact) mass is 505 g/mol. The van der Waals surface area contributed by atoms with Crippen molar-refractivity contribution < 1.29 is 13.2 Å². The van der Waals surface area contributed by atoms with E-state index in [0.29, 0.717) is 37.0 Å². The van der Waals surface area contributed by atoms with Crippen molar-refractivity contribution in [2.45, 2.75) is 33.0 Å². The largest absolute Gasteiger partial charge is 0.434 e. The molecule has 2 heterocycles. The van der Waals surface area contributed by atoms with Crippen LogP contribution < -0.4 is 10.6 Å². The number of halogens is 4. The van der Waals surface area contributed by atoms with Gasteiger partial charge in [0.05, 0.1) is 16.6 Å². The number of hydrogen-bond donors (Lipinski definition) is 2. The van der Waals surface area contributed by atoms with Crippen LogP contribution in [-0.2, 0) is 19.1 Å². The van der Waals surface area contributed by atoms with E-state index >= 15 is 0 Å². The number of aromatic nitrogens is 2. The number of aliphatic imine (C=N–C) groups is 1. The number of rotatable bonds is 6. The second kappa shape index (κ2) is 10.3. The van der Waals surface area contributed by atoms with E-state index in [0.717, 1.165) is 26.6 Å². The van der Waals surface area contributed by atoms with Crippen LogP contribution in [0.15, 0.2) is 16.6 Å². The molecular formula is C14H19F3IN5S2. The maximum absolute atomic E-state index is 12.5. The summed E-state index contributed by atoms with van der Waals surface area (Å²) in [6.45, 7) is 5.55. The molecule has 140 valence electrons. The molecule has 0 amide bonds. The highest BCUT2D eigenvalue weighted by Gasteiger charge is 2.33. The summed E-state index contributed by atoms with van der Waals surface area (Å²) in [7, 11) is 0. The van der Waals surface area contributed by atoms with Crippen molar-refractivity contribution in [3.8, 4) is 0 Å². The second-order valence-corrected chi connectivity index (χ2v) is 7.10. The fourth-order valence-electron chi connectivity index (χ4n) is 1.82. The second-order valence-electron chi connectivity index (χ2n) is 4.84. The number of aryl methyl sites for hydroxylation is 1. The summed E-state index contributed by atoms with van der Waals surface area (Å²) in [5, 5.41) is 8.68. The molecular weight excluding hydrogens is 486 g/mol. The van der Waals surface area contributed by atoms with Gasteiger partial charge in [0.2, 0.25) is 0 Å². The van der Waals surface area contributed by atoms with Crippen LogP contribution in [0.25, 0.3) is 0 Å². The van der Waals surface area contributed by atoms with Gasteiger partial charge in [0.1, 0.15) is 0 Å². The lowest BCUT2D eigenvalue weighted by molar-refractivity contribution is -0.140. The third-order valence-electron chi connectivity index (χ3n) is 2.88. The zero-order valence-electron chi connectivity index (χ0n) is 13.7. The molecule has 0 aliphatic rings. The Morgan fingerprint density at radius 1 is 1.32 bits per heavy atom. The van der Waals surface area contributed by atoms with Crippen LogP contribution >= 0.6 is 46.7 Å². The smallest absolute Gasteiger partial charge is 0.357 e. The molecule has 2 aromatic rings. The molecule has 0 fully saturated rings. The van der Waals surface area contributed by atoms with E-state index in [2.05, 4.69) is 25.6 Å². The third-order valence-corrected chi connectivity index (χ3v) is 4.69. The van der Waals surface area contributed by atoms with Crippen molar-refractivity contribution in [3.63, 3.8) is 0 Å². The van der Waals surface area contributed by atoms with E-state index in [9.17, 15) is 13.2 Å². The van der Waals surface area contributed by atoms with Crippen LogP contribution in [0.5, 0.6) is 0 Å². The van der Waals surface area contributed by atoms with Gasteiger partial charge in [-0.1, -0.05) is 0 Å². The molecule has 0 aromatic carbocycles. The van der Waals surface area contributed by atoms with E-state index < -0.39 is 11.9 Å². The van der Waals surface area contributed by atoms with Crippen molar-refractivity contribution in [2.24, 2.45) is 4.99 Å². The minimum absolute atomic E-state index is 0. The zero-order chi connectivity index (χ0) is 17.6. The standard InChI is InChI=1S/C14H18F3N5S2.HI/c1-3-18-13(21-7-10-6-20-9(2)24-10)19-5-4-12-22-11(8-23-12)14(15,16)17;/h6,8H,3-5,7H2,1-2H3,(H2,18,19,21);1H. The molecule has 0 saturated carbocycles. The van der Waals surface area contributed by atoms with Crippen LogP contribution in [0, 0.1) is 6.92 Å². The molecule has 0 unspecified atom stereocenters. The molecule has 0 saturated heterocycles. The molecule has 5 nitrogen and oxygen atoms in total. The van der Waals surface area contributed by atoms with Crippen LogP contribution in [0.3, 0.4) is 0 Å². The molecule has 11 heteroatoms. The minimum Gasteiger partial charge on any atom is -0.357 e.